The first-order valence-corrected chi connectivity index (χ1v) is 13.0. The first-order chi connectivity index (χ1) is 17.0. The van der Waals surface area contributed by atoms with E-state index >= 15 is 0 Å². The first kappa shape index (κ1) is 23.7. The van der Waals surface area contributed by atoms with Gasteiger partial charge in [-0.2, -0.15) is 0 Å². The highest BCUT2D eigenvalue weighted by Gasteiger charge is 2.39. The zero-order valence-corrected chi connectivity index (χ0v) is 20.8. The van der Waals surface area contributed by atoms with Crippen molar-refractivity contribution in [3.63, 3.8) is 0 Å². The van der Waals surface area contributed by atoms with Crippen LogP contribution in [0.1, 0.15) is 68.6 Å². The molecule has 2 fully saturated rings. The number of carbonyl (C=O) groups is 1. The maximum absolute atomic E-state index is 12.1. The first-order valence-electron chi connectivity index (χ1n) is 13.0. The van der Waals surface area contributed by atoms with Gasteiger partial charge in [0.25, 0.3) is 0 Å². The largest absolute Gasteiger partial charge is 0.494 e. The average molecular weight is 476 g/mol. The van der Waals surface area contributed by atoms with E-state index in [2.05, 4.69) is 41.0 Å². The minimum absolute atomic E-state index is 0.0880. The van der Waals surface area contributed by atoms with Crippen molar-refractivity contribution in [1.29, 1.82) is 0 Å². The third-order valence-electron chi connectivity index (χ3n) is 7.56. The van der Waals surface area contributed by atoms with E-state index in [-0.39, 0.29) is 18.0 Å². The summed E-state index contributed by atoms with van der Waals surface area (Å²) in [6, 6.07) is 14.4. The van der Waals surface area contributed by atoms with Crippen molar-refractivity contribution in [2.24, 2.45) is 17.6 Å². The standard InChI is InChI=1S/C29H37N3O3/c1-18(2)31-29(33)32-22-8-6-21(7-9-22)27-26(20-4-3-5-20)25-16-23(10-11-24(25)28(27)30)35-15-13-19-12-14-34-17-19/h6-11,16,18-20,26H,3-5,12-15,17,30H2,1-2H3,(H2,31,32,33). The summed E-state index contributed by atoms with van der Waals surface area (Å²) in [4.78, 5) is 12.1. The highest BCUT2D eigenvalue weighted by atomic mass is 16.5. The van der Waals surface area contributed by atoms with Crippen molar-refractivity contribution < 1.29 is 14.3 Å². The Morgan fingerprint density at radius 1 is 1.14 bits per heavy atom. The van der Waals surface area contributed by atoms with Gasteiger partial charge >= 0.3 is 6.03 Å². The Balaban J connectivity index is 1.34. The molecule has 6 heteroatoms. The quantitative estimate of drug-likeness (QED) is 0.454. The van der Waals surface area contributed by atoms with E-state index in [0.29, 0.717) is 11.8 Å². The highest BCUT2D eigenvalue weighted by Crippen LogP contribution is 2.54. The molecule has 2 aliphatic carbocycles. The minimum Gasteiger partial charge on any atom is -0.494 e. The number of amides is 2. The third-order valence-corrected chi connectivity index (χ3v) is 7.56. The summed E-state index contributed by atoms with van der Waals surface area (Å²) in [5.41, 5.74) is 13.2. The lowest BCUT2D eigenvalue weighted by Gasteiger charge is -2.34. The molecule has 4 N–H and O–H groups in total. The van der Waals surface area contributed by atoms with E-state index in [0.717, 1.165) is 60.9 Å². The van der Waals surface area contributed by atoms with Crippen LogP contribution in [0, 0.1) is 11.8 Å². The molecule has 1 aliphatic heterocycles. The summed E-state index contributed by atoms with van der Waals surface area (Å²) in [5.74, 6) is 2.43. The summed E-state index contributed by atoms with van der Waals surface area (Å²) in [6.45, 7) is 6.34. The van der Waals surface area contributed by atoms with Crippen LogP contribution in [0.5, 0.6) is 5.75 Å². The van der Waals surface area contributed by atoms with Crippen molar-refractivity contribution in [3.05, 3.63) is 59.2 Å². The number of hydrogen-bond donors (Lipinski definition) is 3. The normalized spacial score (nSPS) is 21.7. The van der Waals surface area contributed by atoms with Crippen LogP contribution >= 0.6 is 0 Å². The van der Waals surface area contributed by atoms with E-state index in [1.807, 2.05) is 26.0 Å². The maximum atomic E-state index is 12.1. The number of carbonyl (C=O) groups excluding carboxylic acids is 1. The van der Waals surface area contributed by atoms with Gasteiger partial charge in [-0.1, -0.05) is 18.6 Å². The second-order valence-corrected chi connectivity index (χ2v) is 10.4. The molecule has 5 rings (SSSR count). The number of nitrogens with two attached hydrogens (primary N) is 1. The number of anilines is 1. The molecule has 2 unspecified atom stereocenters. The molecule has 0 spiro atoms. The fraction of sp³-hybridized carbons (Fsp3) is 0.483. The van der Waals surface area contributed by atoms with Crippen molar-refractivity contribution in [2.45, 2.75) is 57.9 Å². The van der Waals surface area contributed by atoms with E-state index in [1.54, 1.807) is 0 Å². The minimum atomic E-state index is -0.194. The molecule has 1 heterocycles. The van der Waals surface area contributed by atoms with Crippen molar-refractivity contribution in [1.82, 2.24) is 5.32 Å². The fourth-order valence-corrected chi connectivity index (χ4v) is 5.52. The molecule has 2 amide bonds. The number of fused-ring (bicyclic) bond motifs is 1. The van der Waals surface area contributed by atoms with Crippen LogP contribution in [0.4, 0.5) is 10.5 Å². The molecule has 186 valence electrons. The molecular weight excluding hydrogens is 438 g/mol. The van der Waals surface area contributed by atoms with Crippen molar-refractivity contribution in [2.75, 3.05) is 25.1 Å². The van der Waals surface area contributed by atoms with Crippen LogP contribution in [0.2, 0.25) is 0 Å². The summed E-state index contributed by atoms with van der Waals surface area (Å²) >= 11 is 0. The van der Waals surface area contributed by atoms with Crippen LogP contribution in [0.3, 0.4) is 0 Å². The summed E-state index contributed by atoms with van der Waals surface area (Å²) in [6.07, 6.45) is 5.89. The molecule has 1 saturated carbocycles. The highest BCUT2D eigenvalue weighted by molar-refractivity contribution is 5.99. The molecule has 35 heavy (non-hydrogen) atoms. The van der Waals surface area contributed by atoms with E-state index in [1.165, 1.54) is 30.4 Å². The molecule has 2 aromatic rings. The Morgan fingerprint density at radius 3 is 2.60 bits per heavy atom. The average Bonchev–Trinajstić information content (AvgIpc) is 3.40. The molecule has 2 atom stereocenters. The van der Waals surface area contributed by atoms with Gasteiger partial charge in [0.1, 0.15) is 5.75 Å². The van der Waals surface area contributed by atoms with Gasteiger partial charge in [-0.05, 0) is 98.4 Å². The second-order valence-electron chi connectivity index (χ2n) is 10.4. The molecular formula is C29H37N3O3. The lowest BCUT2D eigenvalue weighted by molar-refractivity contribution is 0.178. The van der Waals surface area contributed by atoms with Crippen LogP contribution < -0.4 is 21.1 Å². The van der Waals surface area contributed by atoms with Gasteiger partial charge in [0, 0.05) is 42.1 Å². The molecule has 0 aromatic heterocycles. The summed E-state index contributed by atoms with van der Waals surface area (Å²) in [7, 11) is 0. The summed E-state index contributed by atoms with van der Waals surface area (Å²) < 4.78 is 11.7. The van der Waals surface area contributed by atoms with Crippen LogP contribution in [-0.2, 0) is 4.74 Å². The molecule has 0 radical (unpaired) electrons. The maximum Gasteiger partial charge on any atom is 0.319 e. The van der Waals surface area contributed by atoms with Crippen LogP contribution in [-0.4, -0.2) is 31.9 Å². The van der Waals surface area contributed by atoms with Gasteiger partial charge in [-0.25, -0.2) is 4.79 Å². The monoisotopic (exact) mass is 475 g/mol. The van der Waals surface area contributed by atoms with Crippen molar-refractivity contribution in [3.8, 4) is 5.75 Å². The lowest BCUT2D eigenvalue weighted by Crippen LogP contribution is -2.34. The Hall–Kier alpha value is -2.99. The smallest absolute Gasteiger partial charge is 0.319 e. The number of allylic oxidation sites excluding steroid dienone is 1. The van der Waals surface area contributed by atoms with Gasteiger partial charge in [-0.3, -0.25) is 0 Å². The summed E-state index contributed by atoms with van der Waals surface area (Å²) in [5, 5.41) is 5.76. The number of ether oxygens (including phenoxy) is 2. The number of rotatable bonds is 8. The number of benzene rings is 2. The van der Waals surface area contributed by atoms with Gasteiger partial charge in [-0.15, -0.1) is 0 Å². The molecule has 6 nitrogen and oxygen atoms in total. The predicted octanol–water partition coefficient (Wildman–Crippen LogP) is 5.75. The molecule has 1 saturated heterocycles. The Kier molecular flexibility index (Phi) is 7.00. The number of nitrogens with one attached hydrogen (secondary N) is 2. The number of urea groups is 1. The Labute approximate surface area is 208 Å². The second kappa shape index (κ2) is 10.3. The Bertz CT molecular complexity index is 1080. The molecule has 0 bridgehead atoms. The molecule has 3 aliphatic rings. The van der Waals surface area contributed by atoms with Crippen LogP contribution in [0.15, 0.2) is 42.5 Å². The van der Waals surface area contributed by atoms with Crippen LogP contribution in [0.25, 0.3) is 11.3 Å². The van der Waals surface area contributed by atoms with Gasteiger partial charge in [0.15, 0.2) is 0 Å². The van der Waals surface area contributed by atoms with E-state index in [4.69, 9.17) is 15.2 Å². The van der Waals surface area contributed by atoms with E-state index < -0.39 is 0 Å². The fourth-order valence-electron chi connectivity index (χ4n) is 5.52. The third kappa shape index (κ3) is 5.18. The topological polar surface area (TPSA) is 85.6 Å². The van der Waals surface area contributed by atoms with Gasteiger partial charge in [0.05, 0.1) is 6.61 Å². The zero-order valence-electron chi connectivity index (χ0n) is 20.8. The lowest BCUT2D eigenvalue weighted by atomic mass is 9.70. The SMILES string of the molecule is CC(C)NC(=O)Nc1ccc(C2=C(N)c3ccc(OCCC4CCOC4)cc3C2C2CCC2)cc1. The van der Waals surface area contributed by atoms with Gasteiger partial charge in [0.2, 0.25) is 0 Å². The molecule has 2 aromatic carbocycles. The zero-order chi connectivity index (χ0) is 24.4. The Morgan fingerprint density at radius 2 is 1.94 bits per heavy atom. The van der Waals surface area contributed by atoms with E-state index in [9.17, 15) is 4.79 Å². The predicted molar refractivity (Wildman–Crippen MR) is 140 cm³/mol. The number of hydrogen-bond acceptors (Lipinski definition) is 4. The van der Waals surface area contributed by atoms with Crippen molar-refractivity contribution >= 4 is 23.0 Å². The van der Waals surface area contributed by atoms with Gasteiger partial charge < -0.3 is 25.8 Å².